The van der Waals surface area contributed by atoms with Gasteiger partial charge in [0.15, 0.2) is 0 Å². The third-order valence-corrected chi connectivity index (χ3v) is 2.74. The predicted molar refractivity (Wildman–Crippen MR) is 75.4 cm³/mol. The second-order valence-corrected chi connectivity index (χ2v) is 4.17. The molecule has 0 atom stereocenters. The van der Waals surface area contributed by atoms with Crippen LogP contribution in [0.15, 0.2) is 48.5 Å². The highest BCUT2D eigenvalue weighted by atomic mass is 16.6. The fourth-order valence-corrected chi connectivity index (χ4v) is 1.74. The van der Waals surface area contributed by atoms with Gasteiger partial charge in [-0.1, -0.05) is 18.2 Å². The van der Waals surface area contributed by atoms with E-state index in [-0.39, 0.29) is 11.3 Å². The Bertz CT molecular complexity index is 656. The fourth-order valence-electron chi connectivity index (χ4n) is 1.74. The second-order valence-electron chi connectivity index (χ2n) is 4.17. The molecule has 0 unspecified atom stereocenters. The van der Waals surface area contributed by atoms with Crippen molar-refractivity contribution >= 4 is 17.3 Å². The van der Waals surface area contributed by atoms with Crippen LogP contribution in [0, 0.1) is 10.1 Å². The molecule has 3 N–H and O–H groups in total. The van der Waals surface area contributed by atoms with Crippen molar-refractivity contribution in [1.82, 2.24) is 0 Å². The molecule has 0 radical (unpaired) electrons. The van der Waals surface area contributed by atoms with Gasteiger partial charge >= 0.3 is 0 Å². The van der Waals surface area contributed by atoms with Crippen molar-refractivity contribution in [1.29, 1.82) is 0 Å². The van der Waals surface area contributed by atoms with Gasteiger partial charge in [0.05, 0.1) is 4.92 Å². The van der Waals surface area contributed by atoms with E-state index in [1.807, 2.05) is 6.07 Å². The molecule has 0 saturated carbocycles. The number of amides is 1. The Hall–Kier alpha value is -2.73. The average Bonchev–Trinajstić information content (AvgIpc) is 2.47. The number of nitrogens with two attached hydrogens (primary N) is 1. The van der Waals surface area contributed by atoms with Crippen LogP contribution >= 0.6 is 0 Å². The number of nitrogens with one attached hydrogen (secondary N) is 1. The van der Waals surface area contributed by atoms with Crippen LogP contribution in [0.1, 0.15) is 15.9 Å². The molecule has 0 bridgehead atoms. The molecule has 20 heavy (non-hydrogen) atoms. The second kappa shape index (κ2) is 5.94. The smallest absolute Gasteiger partial charge is 0.270 e. The lowest BCUT2D eigenvalue weighted by atomic mass is 10.1. The number of carbonyl (C=O) groups is 1. The van der Waals surface area contributed by atoms with E-state index in [4.69, 9.17) is 5.73 Å². The van der Waals surface area contributed by atoms with Gasteiger partial charge in [0.2, 0.25) is 0 Å². The van der Waals surface area contributed by atoms with Crippen molar-refractivity contribution in [3.8, 4) is 0 Å². The van der Waals surface area contributed by atoms with Gasteiger partial charge in [-0.25, -0.2) is 0 Å². The Kier molecular flexibility index (Phi) is 4.07. The van der Waals surface area contributed by atoms with E-state index in [1.54, 1.807) is 18.2 Å². The van der Waals surface area contributed by atoms with Crippen LogP contribution in [0.4, 0.5) is 11.4 Å². The first-order chi connectivity index (χ1) is 9.60. The maximum Gasteiger partial charge on any atom is 0.270 e. The highest BCUT2D eigenvalue weighted by Crippen LogP contribution is 2.16. The Balaban J connectivity index is 2.19. The number of benzene rings is 2. The molecule has 0 aliphatic rings. The monoisotopic (exact) mass is 271 g/mol. The zero-order valence-corrected chi connectivity index (χ0v) is 10.6. The molecule has 0 aliphatic carbocycles. The minimum absolute atomic E-state index is 0.117. The summed E-state index contributed by atoms with van der Waals surface area (Å²) in [6, 6.07) is 12.7. The number of non-ortho nitro benzene ring substituents is 1. The van der Waals surface area contributed by atoms with Gasteiger partial charge in [-0.2, -0.15) is 0 Å². The Morgan fingerprint density at radius 1 is 1.20 bits per heavy atom. The van der Waals surface area contributed by atoms with Crippen LogP contribution < -0.4 is 11.1 Å². The molecule has 0 spiro atoms. The van der Waals surface area contributed by atoms with Gasteiger partial charge in [0, 0.05) is 29.9 Å². The summed E-state index contributed by atoms with van der Waals surface area (Å²) in [5, 5.41) is 13.4. The first-order valence-electron chi connectivity index (χ1n) is 5.95. The van der Waals surface area contributed by atoms with Gasteiger partial charge in [0.1, 0.15) is 0 Å². The summed E-state index contributed by atoms with van der Waals surface area (Å²) in [5.41, 5.74) is 7.13. The van der Waals surface area contributed by atoms with E-state index in [9.17, 15) is 14.9 Å². The average molecular weight is 271 g/mol. The fraction of sp³-hybridized carbons (Fsp3) is 0.0714. The minimum Gasteiger partial charge on any atom is -0.326 e. The lowest BCUT2D eigenvalue weighted by molar-refractivity contribution is -0.384. The molecule has 0 heterocycles. The van der Waals surface area contributed by atoms with E-state index < -0.39 is 10.8 Å². The Morgan fingerprint density at radius 3 is 2.65 bits per heavy atom. The van der Waals surface area contributed by atoms with Crippen molar-refractivity contribution in [3.05, 3.63) is 69.8 Å². The molecule has 6 heteroatoms. The number of hydrogen-bond acceptors (Lipinski definition) is 4. The largest absolute Gasteiger partial charge is 0.326 e. The molecule has 0 saturated heterocycles. The molecular formula is C14H13N3O3. The first kappa shape index (κ1) is 13.7. The zero-order valence-electron chi connectivity index (χ0n) is 10.6. The quantitative estimate of drug-likeness (QED) is 0.658. The zero-order chi connectivity index (χ0) is 14.5. The van der Waals surface area contributed by atoms with Crippen molar-refractivity contribution in [2.45, 2.75) is 6.54 Å². The Labute approximate surface area is 115 Å². The van der Waals surface area contributed by atoms with E-state index in [2.05, 4.69) is 5.32 Å². The van der Waals surface area contributed by atoms with Crippen LogP contribution in [0.3, 0.4) is 0 Å². The number of carbonyl (C=O) groups excluding carboxylic acids is 1. The number of rotatable bonds is 4. The lowest BCUT2D eigenvalue weighted by Crippen LogP contribution is -2.12. The van der Waals surface area contributed by atoms with Crippen LogP contribution in [0.2, 0.25) is 0 Å². The van der Waals surface area contributed by atoms with Gasteiger partial charge in [-0.05, 0) is 23.8 Å². The molecule has 0 fully saturated rings. The van der Waals surface area contributed by atoms with Crippen LogP contribution in [-0.2, 0) is 6.54 Å². The molecule has 0 aliphatic heterocycles. The lowest BCUT2D eigenvalue weighted by Gasteiger charge is -2.06. The number of nitrogens with zero attached hydrogens (tertiary/aromatic N) is 1. The summed E-state index contributed by atoms with van der Waals surface area (Å²) in [7, 11) is 0. The molecule has 1 amide bonds. The summed E-state index contributed by atoms with van der Waals surface area (Å²) in [6.45, 7) is 0.376. The molecule has 0 aromatic heterocycles. The predicted octanol–water partition coefficient (Wildman–Crippen LogP) is 2.31. The number of anilines is 1. The summed E-state index contributed by atoms with van der Waals surface area (Å²) in [5.74, 6) is -0.400. The maximum absolute atomic E-state index is 12.0. The van der Waals surface area contributed by atoms with Crippen LogP contribution in [0.5, 0.6) is 0 Å². The van der Waals surface area contributed by atoms with Gasteiger partial charge in [-0.15, -0.1) is 0 Å². The number of hydrogen-bond donors (Lipinski definition) is 2. The molecule has 102 valence electrons. The highest BCUT2D eigenvalue weighted by molar-refractivity contribution is 6.04. The third kappa shape index (κ3) is 3.18. The van der Waals surface area contributed by atoms with Gasteiger partial charge in [-0.3, -0.25) is 14.9 Å². The molecule has 2 aromatic rings. The van der Waals surface area contributed by atoms with E-state index in [0.29, 0.717) is 12.2 Å². The van der Waals surface area contributed by atoms with E-state index >= 15 is 0 Å². The summed E-state index contributed by atoms with van der Waals surface area (Å²) in [6.07, 6.45) is 0. The van der Waals surface area contributed by atoms with Crippen molar-refractivity contribution in [3.63, 3.8) is 0 Å². The highest BCUT2D eigenvalue weighted by Gasteiger charge is 2.11. The molecule has 6 nitrogen and oxygen atoms in total. The van der Waals surface area contributed by atoms with Crippen LogP contribution in [0.25, 0.3) is 0 Å². The molecule has 2 rings (SSSR count). The van der Waals surface area contributed by atoms with Crippen molar-refractivity contribution < 1.29 is 9.72 Å². The molecule has 2 aromatic carbocycles. The summed E-state index contributed by atoms with van der Waals surface area (Å²) >= 11 is 0. The summed E-state index contributed by atoms with van der Waals surface area (Å²) in [4.78, 5) is 22.2. The number of nitro benzene ring substituents is 1. The first-order valence-corrected chi connectivity index (χ1v) is 5.95. The van der Waals surface area contributed by atoms with Crippen LogP contribution in [-0.4, -0.2) is 10.8 Å². The van der Waals surface area contributed by atoms with E-state index in [0.717, 1.165) is 5.56 Å². The summed E-state index contributed by atoms with van der Waals surface area (Å²) < 4.78 is 0. The van der Waals surface area contributed by atoms with Gasteiger partial charge in [0.25, 0.3) is 11.6 Å². The minimum atomic E-state index is -0.536. The Morgan fingerprint density at radius 2 is 1.95 bits per heavy atom. The standard InChI is InChI=1S/C14H13N3O3/c15-9-10-3-1-5-12(7-10)16-14(18)11-4-2-6-13(8-11)17(19)20/h1-8H,9,15H2,(H,16,18). The van der Waals surface area contributed by atoms with E-state index in [1.165, 1.54) is 24.3 Å². The number of nitro groups is 1. The normalized spacial score (nSPS) is 10.1. The molecular weight excluding hydrogens is 258 g/mol. The third-order valence-electron chi connectivity index (χ3n) is 2.74. The SMILES string of the molecule is NCc1cccc(NC(=O)c2cccc([N+](=O)[O-])c2)c1. The maximum atomic E-state index is 12.0. The van der Waals surface area contributed by atoms with Crippen molar-refractivity contribution in [2.24, 2.45) is 5.73 Å². The van der Waals surface area contributed by atoms with Gasteiger partial charge < -0.3 is 11.1 Å². The topological polar surface area (TPSA) is 98.3 Å². The van der Waals surface area contributed by atoms with Crippen molar-refractivity contribution in [2.75, 3.05) is 5.32 Å².